The van der Waals surface area contributed by atoms with Crippen molar-refractivity contribution in [2.24, 2.45) is 0 Å². The van der Waals surface area contributed by atoms with Crippen molar-refractivity contribution in [2.75, 3.05) is 18.9 Å². The number of nitrogen functional groups attached to an aromatic ring is 1. The maximum atomic E-state index is 13.7. The van der Waals surface area contributed by atoms with Gasteiger partial charge in [-0.2, -0.15) is 5.26 Å². The van der Waals surface area contributed by atoms with Crippen LogP contribution in [0.25, 0.3) is 0 Å². The summed E-state index contributed by atoms with van der Waals surface area (Å²) < 4.78 is 24.0. The molecule has 0 atom stereocenters. The number of anilines is 1. The lowest BCUT2D eigenvalue weighted by Crippen LogP contribution is -2.05. The van der Waals surface area contributed by atoms with Crippen LogP contribution in [-0.4, -0.2) is 13.2 Å². The van der Waals surface area contributed by atoms with Gasteiger partial charge in [0.25, 0.3) is 0 Å². The number of nitrogens with zero attached hydrogens (tertiary/aromatic N) is 1. The van der Waals surface area contributed by atoms with Crippen molar-refractivity contribution >= 4 is 5.69 Å². The fourth-order valence-electron chi connectivity index (χ4n) is 1.26. The summed E-state index contributed by atoms with van der Waals surface area (Å²) in [5, 5.41) is 8.76. The summed E-state index contributed by atoms with van der Waals surface area (Å²) >= 11 is 0. The molecule has 0 bridgehead atoms. The highest BCUT2D eigenvalue weighted by molar-refractivity contribution is 5.63. The van der Waals surface area contributed by atoms with Crippen LogP contribution in [0.5, 0.6) is 11.5 Å². The molecule has 16 heavy (non-hydrogen) atoms. The normalized spacial score (nSPS) is 9.62. The van der Waals surface area contributed by atoms with E-state index in [4.69, 9.17) is 20.5 Å². The Balaban J connectivity index is 3.34. The average molecular weight is 224 g/mol. The molecule has 0 radical (unpaired) electrons. The summed E-state index contributed by atoms with van der Waals surface area (Å²) in [6.07, 6.45) is 0. The monoisotopic (exact) mass is 224 g/mol. The molecule has 0 spiro atoms. The number of nitrogens with two attached hydrogens (primary N) is 1. The molecule has 0 saturated heterocycles. The molecule has 2 N–H and O–H groups in total. The molecule has 1 rings (SSSR count). The molecule has 1 aromatic carbocycles. The molecular formula is C11H13FN2O2. The summed E-state index contributed by atoms with van der Waals surface area (Å²) in [6, 6.07) is 3.19. The van der Waals surface area contributed by atoms with Crippen LogP contribution in [0, 0.1) is 17.1 Å². The zero-order chi connectivity index (χ0) is 12.1. The number of nitriles is 1. The Labute approximate surface area is 93.4 Å². The molecule has 0 saturated carbocycles. The topological polar surface area (TPSA) is 68.3 Å². The summed E-state index contributed by atoms with van der Waals surface area (Å²) in [5.41, 5.74) is 5.29. The lowest BCUT2D eigenvalue weighted by atomic mass is 10.1. The zero-order valence-electron chi connectivity index (χ0n) is 9.21. The minimum absolute atomic E-state index is 0.0409. The highest BCUT2D eigenvalue weighted by Crippen LogP contribution is 2.36. The van der Waals surface area contributed by atoms with Gasteiger partial charge in [0.1, 0.15) is 6.07 Å². The first-order chi connectivity index (χ1) is 7.65. The van der Waals surface area contributed by atoms with Crippen LogP contribution < -0.4 is 15.2 Å². The van der Waals surface area contributed by atoms with Gasteiger partial charge in [0, 0.05) is 6.07 Å². The SMILES string of the molecule is CCOc1cc(C#N)c(N)c(F)c1OCC. The van der Waals surface area contributed by atoms with E-state index in [1.165, 1.54) is 6.07 Å². The smallest absolute Gasteiger partial charge is 0.199 e. The molecule has 0 aliphatic rings. The number of hydrogen-bond acceptors (Lipinski definition) is 4. The second-order valence-corrected chi connectivity index (χ2v) is 2.96. The first-order valence-electron chi connectivity index (χ1n) is 4.93. The second kappa shape index (κ2) is 5.21. The van der Waals surface area contributed by atoms with E-state index in [-0.39, 0.29) is 22.7 Å². The minimum atomic E-state index is -0.746. The third-order valence-electron chi connectivity index (χ3n) is 1.93. The molecule has 5 heteroatoms. The number of ether oxygens (including phenoxy) is 2. The standard InChI is InChI=1S/C11H13FN2O2/c1-3-15-8-5-7(6-13)10(14)9(12)11(8)16-4-2/h5H,3-4,14H2,1-2H3. The molecule has 4 nitrogen and oxygen atoms in total. The minimum Gasteiger partial charge on any atom is -0.490 e. The zero-order valence-corrected chi connectivity index (χ0v) is 9.21. The van der Waals surface area contributed by atoms with E-state index in [1.54, 1.807) is 19.9 Å². The van der Waals surface area contributed by atoms with Gasteiger partial charge in [-0.3, -0.25) is 0 Å². The van der Waals surface area contributed by atoms with Crippen LogP contribution in [0.2, 0.25) is 0 Å². The van der Waals surface area contributed by atoms with Gasteiger partial charge in [0.2, 0.25) is 0 Å². The Morgan fingerprint density at radius 3 is 2.50 bits per heavy atom. The fourth-order valence-corrected chi connectivity index (χ4v) is 1.26. The predicted octanol–water partition coefficient (Wildman–Crippen LogP) is 2.08. The molecule has 0 amide bonds. The molecule has 0 heterocycles. The van der Waals surface area contributed by atoms with Crippen molar-refractivity contribution in [3.05, 3.63) is 17.4 Å². The first-order valence-corrected chi connectivity index (χ1v) is 4.93. The Morgan fingerprint density at radius 1 is 1.38 bits per heavy atom. The molecular weight excluding hydrogens is 211 g/mol. The van der Waals surface area contributed by atoms with E-state index >= 15 is 0 Å². The summed E-state index contributed by atoms with van der Waals surface area (Å²) in [4.78, 5) is 0. The van der Waals surface area contributed by atoms with Gasteiger partial charge < -0.3 is 15.2 Å². The number of hydrogen-bond donors (Lipinski definition) is 1. The molecule has 0 aromatic heterocycles. The predicted molar refractivity (Wildman–Crippen MR) is 57.9 cm³/mol. The Kier molecular flexibility index (Phi) is 3.95. The highest BCUT2D eigenvalue weighted by atomic mass is 19.1. The number of halogens is 1. The molecule has 0 aliphatic heterocycles. The summed E-state index contributed by atoms with van der Waals surface area (Å²) in [7, 11) is 0. The fraction of sp³-hybridized carbons (Fsp3) is 0.364. The molecule has 0 unspecified atom stereocenters. The average Bonchev–Trinajstić information content (AvgIpc) is 2.28. The van der Waals surface area contributed by atoms with Crippen LogP contribution in [-0.2, 0) is 0 Å². The van der Waals surface area contributed by atoms with E-state index in [1.807, 2.05) is 0 Å². The van der Waals surface area contributed by atoms with Crippen LogP contribution in [0.4, 0.5) is 10.1 Å². The number of rotatable bonds is 4. The van der Waals surface area contributed by atoms with Gasteiger partial charge in [-0.15, -0.1) is 0 Å². The van der Waals surface area contributed by atoms with Crippen molar-refractivity contribution in [1.29, 1.82) is 5.26 Å². The van der Waals surface area contributed by atoms with E-state index < -0.39 is 5.82 Å². The van der Waals surface area contributed by atoms with Crippen LogP contribution >= 0.6 is 0 Å². The van der Waals surface area contributed by atoms with E-state index in [0.717, 1.165) is 0 Å². The number of benzene rings is 1. The van der Waals surface area contributed by atoms with Crippen molar-refractivity contribution in [3.8, 4) is 17.6 Å². The van der Waals surface area contributed by atoms with E-state index in [0.29, 0.717) is 13.2 Å². The Hall–Kier alpha value is -1.96. The van der Waals surface area contributed by atoms with Crippen LogP contribution in [0.15, 0.2) is 6.07 Å². The molecule has 1 aromatic rings. The van der Waals surface area contributed by atoms with Gasteiger partial charge in [-0.05, 0) is 13.8 Å². The third-order valence-corrected chi connectivity index (χ3v) is 1.93. The maximum absolute atomic E-state index is 13.7. The Morgan fingerprint density at radius 2 is 2.00 bits per heavy atom. The van der Waals surface area contributed by atoms with E-state index in [9.17, 15) is 4.39 Å². The van der Waals surface area contributed by atoms with Gasteiger partial charge in [0.15, 0.2) is 17.3 Å². The Bertz CT molecular complexity index is 427. The quantitative estimate of drug-likeness (QED) is 0.795. The summed E-state index contributed by atoms with van der Waals surface area (Å²) in [6.45, 7) is 4.14. The molecule has 0 aliphatic carbocycles. The largest absolute Gasteiger partial charge is 0.490 e. The van der Waals surface area contributed by atoms with Gasteiger partial charge in [0.05, 0.1) is 24.5 Å². The lowest BCUT2D eigenvalue weighted by Gasteiger charge is -2.13. The second-order valence-electron chi connectivity index (χ2n) is 2.96. The van der Waals surface area contributed by atoms with Gasteiger partial charge >= 0.3 is 0 Å². The molecule has 0 fully saturated rings. The molecule has 86 valence electrons. The van der Waals surface area contributed by atoms with Crippen molar-refractivity contribution in [1.82, 2.24) is 0 Å². The van der Waals surface area contributed by atoms with Crippen molar-refractivity contribution in [3.63, 3.8) is 0 Å². The van der Waals surface area contributed by atoms with Gasteiger partial charge in [-0.25, -0.2) is 4.39 Å². The van der Waals surface area contributed by atoms with Crippen LogP contribution in [0.3, 0.4) is 0 Å². The first kappa shape index (κ1) is 12.1. The third kappa shape index (κ3) is 2.16. The van der Waals surface area contributed by atoms with Crippen molar-refractivity contribution in [2.45, 2.75) is 13.8 Å². The highest BCUT2D eigenvalue weighted by Gasteiger charge is 2.18. The lowest BCUT2D eigenvalue weighted by molar-refractivity contribution is 0.276. The van der Waals surface area contributed by atoms with Crippen LogP contribution in [0.1, 0.15) is 19.4 Å². The maximum Gasteiger partial charge on any atom is 0.199 e. The van der Waals surface area contributed by atoms with Gasteiger partial charge in [-0.1, -0.05) is 0 Å². The van der Waals surface area contributed by atoms with Crippen molar-refractivity contribution < 1.29 is 13.9 Å². The van der Waals surface area contributed by atoms with E-state index in [2.05, 4.69) is 0 Å². The summed E-state index contributed by atoms with van der Waals surface area (Å²) in [5.74, 6) is -0.585.